The molecule has 1 N–H and O–H groups in total. The first kappa shape index (κ1) is 28.8. The van der Waals surface area contributed by atoms with E-state index in [1.54, 1.807) is 21.6 Å². The van der Waals surface area contributed by atoms with E-state index in [2.05, 4.69) is 35.6 Å². The lowest BCUT2D eigenvalue weighted by atomic mass is 10.0. The summed E-state index contributed by atoms with van der Waals surface area (Å²) in [4.78, 5) is 47.2. The molecule has 9 heteroatoms. The molecule has 2 unspecified atom stereocenters. The number of nitrogens with one attached hydrogen (secondary N) is 1. The Morgan fingerprint density at radius 2 is 1.53 bits per heavy atom. The molecule has 0 fully saturated rings. The van der Waals surface area contributed by atoms with E-state index in [0.717, 1.165) is 25.0 Å². The first-order valence-electron chi connectivity index (χ1n) is 10.3. The summed E-state index contributed by atoms with van der Waals surface area (Å²) in [6.45, 7) is 8.46. The number of Topliss-reactive ketones (excluding diaryl/α,β-unsaturated/α-hetero) is 1. The third-order valence-corrected chi connectivity index (χ3v) is 7.69. The van der Waals surface area contributed by atoms with E-state index in [1.165, 1.54) is 14.2 Å². The molecule has 0 aromatic rings. The van der Waals surface area contributed by atoms with Crippen LogP contribution >= 0.6 is 21.6 Å². The Balaban J connectivity index is 4.00. The van der Waals surface area contributed by atoms with Gasteiger partial charge in [0.05, 0.1) is 20.6 Å². The van der Waals surface area contributed by atoms with Gasteiger partial charge in [0.25, 0.3) is 0 Å². The highest BCUT2D eigenvalue weighted by molar-refractivity contribution is 8.77. The number of unbranched alkanes of at least 4 members (excludes halogenated alkanes) is 3. The minimum atomic E-state index is -1.04. The van der Waals surface area contributed by atoms with Crippen LogP contribution in [0.5, 0.6) is 0 Å². The molecular weight excluding hydrogens is 426 g/mol. The number of hydrogen-bond donors (Lipinski definition) is 1. The van der Waals surface area contributed by atoms with Crippen molar-refractivity contribution in [3.05, 3.63) is 0 Å². The number of ketones is 1. The highest BCUT2D eigenvalue weighted by Gasteiger charge is 2.24. The Morgan fingerprint density at radius 1 is 0.933 bits per heavy atom. The van der Waals surface area contributed by atoms with E-state index >= 15 is 0 Å². The normalized spacial score (nSPS) is 13.3. The molecule has 0 spiro atoms. The minimum Gasteiger partial charge on any atom is -0.469 e. The topological polar surface area (TPSA) is 98.8 Å². The van der Waals surface area contributed by atoms with Crippen molar-refractivity contribution in [2.75, 3.05) is 20.0 Å². The second kappa shape index (κ2) is 15.6. The number of carbonyl (C=O) groups is 4. The van der Waals surface area contributed by atoms with Crippen LogP contribution in [0, 0.1) is 5.92 Å². The number of hydrogen-bond acceptors (Lipinski definition) is 8. The molecule has 30 heavy (non-hydrogen) atoms. The molecule has 1 amide bonds. The highest BCUT2D eigenvalue weighted by Crippen LogP contribution is 2.36. The Bertz CT molecular complexity index is 562. The van der Waals surface area contributed by atoms with Crippen molar-refractivity contribution < 1.29 is 28.7 Å². The van der Waals surface area contributed by atoms with Crippen molar-refractivity contribution in [3.63, 3.8) is 0 Å². The van der Waals surface area contributed by atoms with Gasteiger partial charge in [-0.15, -0.1) is 0 Å². The van der Waals surface area contributed by atoms with Crippen LogP contribution in [0.15, 0.2) is 0 Å². The zero-order valence-electron chi connectivity index (χ0n) is 19.1. The molecule has 0 aromatic heterocycles. The van der Waals surface area contributed by atoms with Crippen LogP contribution in [0.4, 0.5) is 0 Å². The van der Waals surface area contributed by atoms with Gasteiger partial charge in [-0.05, 0) is 12.8 Å². The molecule has 0 saturated carbocycles. The van der Waals surface area contributed by atoms with Gasteiger partial charge in [-0.3, -0.25) is 14.4 Å². The lowest BCUT2D eigenvalue weighted by Crippen LogP contribution is -2.43. The van der Waals surface area contributed by atoms with Crippen molar-refractivity contribution in [3.8, 4) is 0 Å². The molecule has 2 atom stereocenters. The van der Waals surface area contributed by atoms with Gasteiger partial charge in [-0.25, -0.2) is 4.79 Å². The summed E-state index contributed by atoms with van der Waals surface area (Å²) in [5, 5.41) is 2.51. The van der Waals surface area contributed by atoms with Gasteiger partial charge in [0, 0.05) is 29.3 Å². The number of amides is 1. The maximum Gasteiger partial charge on any atom is 0.328 e. The van der Waals surface area contributed by atoms with Gasteiger partial charge in [0.2, 0.25) is 5.91 Å². The van der Waals surface area contributed by atoms with E-state index in [0.29, 0.717) is 18.6 Å². The van der Waals surface area contributed by atoms with Crippen molar-refractivity contribution >= 4 is 45.2 Å². The van der Waals surface area contributed by atoms with Crippen LogP contribution in [0.2, 0.25) is 0 Å². The fraction of sp³-hybridized carbons (Fsp3) is 0.810. The molecule has 0 heterocycles. The van der Waals surface area contributed by atoms with Crippen LogP contribution in [0.1, 0.15) is 72.6 Å². The summed E-state index contributed by atoms with van der Waals surface area (Å²) in [6, 6.07) is -1.04. The molecule has 0 rings (SSSR count). The predicted molar refractivity (Wildman–Crippen MR) is 122 cm³/mol. The molecule has 174 valence electrons. The summed E-state index contributed by atoms with van der Waals surface area (Å²) < 4.78 is 9.32. The van der Waals surface area contributed by atoms with Crippen molar-refractivity contribution in [2.24, 2.45) is 5.92 Å². The lowest BCUT2D eigenvalue weighted by molar-refractivity contribution is -0.150. The highest BCUT2D eigenvalue weighted by atomic mass is 33.1. The van der Waals surface area contributed by atoms with Gasteiger partial charge in [0.15, 0.2) is 0 Å². The summed E-state index contributed by atoms with van der Waals surface area (Å²) in [5.41, 5.74) is 0. The van der Waals surface area contributed by atoms with Gasteiger partial charge in [-0.2, -0.15) is 0 Å². The number of rotatable bonds is 15. The molecular formula is C21H37NO6S2. The summed E-state index contributed by atoms with van der Waals surface area (Å²) in [5.74, 6) is -0.416. The average molecular weight is 464 g/mol. The number of methoxy groups -OCH3 is 2. The van der Waals surface area contributed by atoms with Gasteiger partial charge in [-0.1, -0.05) is 62.1 Å². The largest absolute Gasteiger partial charge is 0.469 e. The van der Waals surface area contributed by atoms with E-state index in [4.69, 9.17) is 0 Å². The minimum absolute atomic E-state index is 0.0562. The Hall–Kier alpha value is -1.22. The number of carbonyl (C=O) groups excluding carboxylic acids is 4. The predicted octanol–water partition coefficient (Wildman–Crippen LogP) is 3.93. The van der Waals surface area contributed by atoms with E-state index in [9.17, 15) is 19.2 Å². The number of ether oxygens (including phenoxy) is 2. The Morgan fingerprint density at radius 3 is 2.07 bits per heavy atom. The molecule has 0 aliphatic carbocycles. The van der Waals surface area contributed by atoms with Gasteiger partial charge < -0.3 is 14.8 Å². The second-order valence-corrected chi connectivity index (χ2v) is 11.4. The van der Waals surface area contributed by atoms with Crippen molar-refractivity contribution in [1.29, 1.82) is 0 Å². The SMILES string of the molecule is COC(=O)CC(NC(=O)CCCCCCC(=O)C(C)CSSC(C)(C)C)C(=O)OC. The summed E-state index contributed by atoms with van der Waals surface area (Å²) in [7, 11) is 5.96. The summed E-state index contributed by atoms with van der Waals surface area (Å²) in [6.07, 6.45) is 3.72. The lowest BCUT2D eigenvalue weighted by Gasteiger charge is -2.17. The first-order valence-corrected chi connectivity index (χ1v) is 12.6. The average Bonchev–Trinajstić information content (AvgIpc) is 2.67. The van der Waals surface area contributed by atoms with Crippen LogP contribution < -0.4 is 5.32 Å². The molecule has 0 aliphatic rings. The molecule has 0 bridgehead atoms. The van der Waals surface area contributed by atoms with Crippen molar-refractivity contribution in [2.45, 2.75) is 83.4 Å². The monoisotopic (exact) mass is 463 g/mol. The fourth-order valence-electron chi connectivity index (χ4n) is 2.44. The fourth-order valence-corrected chi connectivity index (χ4v) is 5.13. The molecule has 0 aromatic carbocycles. The zero-order chi connectivity index (χ0) is 23.2. The maximum absolute atomic E-state index is 12.2. The van der Waals surface area contributed by atoms with Crippen LogP contribution in [0.3, 0.4) is 0 Å². The maximum atomic E-state index is 12.2. The second-order valence-electron chi connectivity index (χ2n) is 8.19. The third-order valence-electron chi connectivity index (χ3n) is 4.17. The van der Waals surface area contributed by atoms with E-state index in [1.807, 2.05) is 6.92 Å². The Labute approximate surface area is 188 Å². The van der Waals surface area contributed by atoms with Crippen molar-refractivity contribution in [1.82, 2.24) is 5.32 Å². The molecule has 0 saturated heterocycles. The first-order chi connectivity index (χ1) is 14.0. The van der Waals surface area contributed by atoms with E-state index < -0.39 is 18.0 Å². The quantitative estimate of drug-likeness (QED) is 0.222. The molecule has 0 radical (unpaired) electrons. The van der Waals surface area contributed by atoms with E-state index in [-0.39, 0.29) is 29.4 Å². The smallest absolute Gasteiger partial charge is 0.328 e. The van der Waals surface area contributed by atoms with Gasteiger partial charge in [0.1, 0.15) is 11.8 Å². The standard InChI is InChI=1S/C21H37NO6S2/c1-15(14-29-30-21(2,3)4)17(23)11-9-7-8-10-12-18(24)22-16(20(26)28-6)13-19(25)27-5/h15-16H,7-14H2,1-6H3,(H,22,24). The zero-order valence-corrected chi connectivity index (χ0v) is 20.7. The molecule has 0 aliphatic heterocycles. The molecule has 7 nitrogen and oxygen atoms in total. The number of esters is 2. The van der Waals surface area contributed by atoms with Gasteiger partial charge >= 0.3 is 11.9 Å². The summed E-state index contributed by atoms with van der Waals surface area (Å²) >= 11 is 0. The van der Waals surface area contributed by atoms with Crippen LogP contribution in [0.25, 0.3) is 0 Å². The third kappa shape index (κ3) is 14.7. The Kier molecular flexibility index (Phi) is 14.9. The van der Waals surface area contributed by atoms with Crippen LogP contribution in [-0.2, 0) is 28.7 Å². The van der Waals surface area contributed by atoms with Crippen LogP contribution in [-0.4, -0.2) is 54.4 Å².